The van der Waals surface area contributed by atoms with Gasteiger partial charge in [0.15, 0.2) is 0 Å². The van der Waals surface area contributed by atoms with Gasteiger partial charge in [-0.15, -0.1) is 0 Å². The van der Waals surface area contributed by atoms with Gasteiger partial charge in [-0.2, -0.15) is 0 Å². The number of rotatable bonds is 1. The molecule has 0 radical (unpaired) electrons. The Morgan fingerprint density at radius 2 is 1.10 bits per heavy atom. The molecule has 0 N–H and O–H groups in total. The summed E-state index contributed by atoms with van der Waals surface area (Å²) in [6.07, 6.45) is 0. The second-order valence-corrected chi connectivity index (χ2v) is 7.43. The van der Waals surface area contributed by atoms with E-state index in [2.05, 4.69) is 0 Å². The van der Waals surface area contributed by atoms with E-state index in [1.807, 2.05) is 0 Å². The average molecular weight is 292 g/mol. The van der Waals surface area contributed by atoms with Gasteiger partial charge in [0.2, 0.25) is 23.6 Å². The molecule has 1 aliphatic carbocycles. The molecule has 0 spiro atoms. The van der Waals surface area contributed by atoms with Crippen molar-refractivity contribution >= 4 is 23.6 Å². The molecule has 4 amide bonds. The molecule has 0 aromatic carbocycles. The van der Waals surface area contributed by atoms with Crippen LogP contribution in [0.4, 0.5) is 0 Å². The first-order valence-electron chi connectivity index (χ1n) is 7.34. The Hall–Kier alpha value is -1.72. The van der Waals surface area contributed by atoms with Crippen molar-refractivity contribution in [3.8, 4) is 0 Å². The van der Waals surface area contributed by atoms with E-state index in [0.717, 1.165) is 0 Å². The van der Waals surface area contributed by atoms with Gasteiger partial charge in [-0.3, -0.25) is 29.0 Å². The molecule has 6 heteroatoms. The number of fused-ring (bicyclic) bond motifs is 4. The SMILES string of the molecule is CC(C)N1C(=O)C2C(C1=O)C1C(=O)N(C(C)(C)C)C(=O)C21. The fourth-order valence-electron chi connectivity index (χ4n) is 3.98. The smallest absolute Gasteiger partial charge is 0.234 e. The first kappa shape index (κ1) is 14.2. The molecule has 4 unspecified atom stereocenters. The van der Waals surface area contributed by atoms with E-state index in [9.17, 15) is 19.2 Å². The maximum atomic E-state index is 12.5. The standard InChI is InChI=1S/C15H20N2O4/c1-6(2)16-11(18)7-8(12(16)19)10-9(7)13(20)17(14(10)21)15(3,4)5/h6-10H,1-5H3. The summed E-state index contributed by atoms with van der Waals surface area (Å²) in [6, 6.07) is -0.236. The fourth-order valence-corrected chi connectivity index (χ4v) is 3.98. The van der Waals surface area contributed by atoms with Crippen LogP contribution >= 0.6 is 0 Å². The van der Waals surface area contributed by atoms with Crippen LogP contribution in [-0.2, 0) is 19.2 Å². The highest BCUT2D eigenvalue weighted by molar-refractivity contribution is 6.18. The number of nitrogens with zero attached hydrogens (tertiary/aromatic N) is 2. The van der Waals surface area contributed by atoms with Gasteiger partial charge in [-0.05, 0) is 34.6 Å². The minimum Gasteiger partial charge on any atom is -0.280 e. The van der Waals surface area contributed by atoms with Crippen LogP contribution in [0, 0.1) is 23.7 Å². The molecule has 21 heavy (non-hydrogen) atoms. The van der Waals surface area contributed by atoms with E-state index in [0.29, 0.717) is 0 Å². The molecule has 114 valence electrons. The number of carbonyl (C=O) groups is 4. The molecule has 2 saturated heterocycles. The third-order valence-corrected chi connectivity index (χ3v) is 4.79. The lowest BCUT2D eigenvalue weighted by atomic mass is 9.59. The average Bonchev–Trinajstić information content (AvgIpc) is 2.55. The Labute approximate surface area is 123 Å². The van der Waals surface area contributed by atoms with Gasteiger partial charge in [0, 0.05) is 11.6 Å². The fraction of sp³-hybridized carbons (Fsp3) is 0.733. The van der Waals surface area contributed by atoms with Crippen molar-refractivity contribution in [1.29, 1.82) is 0 Å². The third kappa shape index (κ3) is 1.53. The highest BCUT2D eigenvalue weighted by Crippen LogP contribution is 2.57. The topological polar surface area (TPSA) is 74.8 Å². The van der Waals surface area contributed by atoms with Crippen molar-refractivity contribution in [2.45, 2.75) is 46.2 Å². The lowest BCUT2D eigenvalue weighted by molar-refractivity contribution is -0.148. The molecule has 0 aromatic rings. The molecule has 1 saturated carbocycles. The quantitative estimate of drug-likeness (QED) is 0.656. The number of hydrogen-bond acceptors (Lipinski definition) is 4. The van der Waals surface area contributed by atoms with E-state index in [-0.39, 0.29) is 29.7 Å². The highest BCUT2D eigenvalue weighted by Gasteiger charge is 2.74. The summed E-state index contributed by atoms with van der Waals surface area (Å²) in [5, 5.41) is 0. The monoisotopic (exact) mass is 292 g/mol. The summed E-state index contributed by atoms with van der Waals surface area (Å²) in [5.41, 5.74) is -0.621. The van der Waals surface area contributed by atoms with Gasteiger partial charge < -0.3 is 0 Å². The predicted octanol–water partition coefficient (Wildman–Crippen LogP) is 0.409. The maximum Gasteiger partial charge on any atom is 0.234 e. The van der Waals surface area contributed by atoms with E-state index in [1.54, 1.807) is 34.6 Å². The lowest BCUT2D eigenvalue weighted by Gasteiger charge is -2.36. The molecule has 3 fully saturated rings. The van der Waals surface area contributed by atoms with Crippen molar-refractivity contribution < 1.29 is 19.2 Å². The van der Waals surface area contributed by atoms with Crippen LogP contribution in [0.3, 0.4) is 0 Å². The van der Waals surface area contributed by atoms with Crippen molar-refractivity contribution in [1.82, 2.24) is 9.80 Å². The van der Waals surface area contributed by atoms with Crippen LogP contribution in [0.15, 0.2) is 0 Å². The zero-order valence-electron chi connectivity index (χ0n) is 12.9. The third-order valence-electron chi connectivity index (χ3n) is 4.79. The molecular weight excluding hydrogens is 272 g/mol. The Morgan fingerprint density at radius 3 is 1.38 bits per heavy atom. The van der Waals surface area contributed by atoms with Crippen molar-refractivity contribution in [3.63, 3.8) is 0 Å². The summed E-state index contributed by atoms with van der Waals surface area (Å²) < 4.78 is 0. The van der Waals surface area contributed by atoms with Crippen LogP contribution in [0.2, 0.25) is 0 Å². The molecule has 2 heterocycles. The van der Waals surface area contributed by atoms with Crippen LogP contribution in [0.1, 0.15) is 34.6 Å². The second kappa shape index (κ2) is 3.93. The van der Waals surface area contributed by atoms with Gasteiger partial charge in [0.25, 0.3) is 0 Å². The van der Waals surface area contributed by atoms with Gasteiger partial charge in [-0.25, -0.2) is 0 Å². The summed E-state index contributed by atoms with van der Waals surface area (Å²) in [4.78, 5) is 52.3. The van der Waals surface area contributed by atoms with Crippen LogP contribution < -0.4 is 0 Å². The summed E-state index contributed by atoms with van der Waals surface area (Å²) >= 11 is 0. The molecule has 3 rings (SSSR count). The first-order chi connectivity index (χ1) is 9.59. The number of carbonyl (C=O) groups excluding carboxylic acids is 4. The Morgan fingerprint density at radius 1 is 0.762 bits per heavy atom. The lowest BCUT2D eigenvalue weighted by Crippen LogP contribution is -2.50. The van der Waals surface area contributed by atoms with Gasteiger partial charge in [0.05, 0.1) is 23.7 Å². The molecule has 4 atom stereocenters. The minimum atomic E-state index is -0.637. The van der Waals surface area contributed by atoms with Gasteiger partial charge in [-0.1, -0.05) is 0 Å². The van der Waals surface area contributed by atoms with Gasteiger partial charge in [0.1, 0.15) is 0 Å². The zero-order chi connectivity index (χ0) is 15.9. The minimum absolute atomic E-state index is 0.236. The number of amides is 4. The zero-order valence-corrected chi connectivity index (χ0v) is 12.9. The Bertz CT molecular complexity index is 535. The molecule has 0 bridgehead atoms. The number of imide groups is 2. The maximum absolute atomic E-state index is 12.5. The second-order valence-electron chi connectivity index (χ2n) is 7.43. The van der Waals surface area contributed by atoms with E-state index >= 15 is 0 Å². The molecule has 6 nitrogen and oxygen atoms in total. The Kier molecular flexibility index (Phi) is 2.66. The number of likely N-dealkylation sites (tertiary alicyclic amines) is 2. The van der Waals surface area contributed by atoms with Crippen molar-refractivity contribution in [2.24, 2.45) is 23.7 Å². The van der Waals surface area contributed by atoms with Gasteiger partial charge >= 0.3 is 0 Å². The molecule has 3 aliphatic rings. The van der Waals surface area contributed by atoms with Crippen LogP contribution in [0.5, 0.6) is 0 Å². The van der Waals surface area contributed by atoms with E-state index < -0.39 is 29.2 Å². The number of hydrogen-bond donors (Lipinski definition) is 0. The highest BCUT2D eigenvalue weighted by atomic mass is 16.2. The largest absolute Gasteiger partial charge is 0.280 e. The Balaban J connectivity index is 1.98. The van der Waals surface area contributed by atoms with Crippen LogP contribution in [-0.4, -0.2) is 45.0 Å². The normalized spacial score (nSPS) is 35.5. The summed E-state index contributed by atoms with van der Waals surface area (Å²) in [5.74, 6) is -3.72. The molecule has 2 aliphatic heterocycles. The molecular formula is C15H20N2O4. The predicted molar refractivity (Wildman–Crippen MR) is 72.6 cm³/mol. The van der Waals surface area contributed by atoms with E-state index in [4.69, 9.17) is 0 Å². The first-order valence-corrected chi connectivity index (χ1v) is 7.34. The summed E-state index contributed by atoms with van der Waals surface area (Å²) in [6.45, 7) is 8.89. The van der Waals surface area contributed by atoms with Crippen LogP contribution in [0.25, 0.3) is 0 Å². The summed E-state index contributed by atoms with van der Waals surface area (Å²) in [7, 11) is 0. The van der Waals surface area contributed by atoms with E-state index in [1.165, 1.54) is 9.80 Å². The van der Waals surface area contributed by atoms with Crippen molar-refractivity contribution in [2.75, 3.05) is 0 Å². The molecule has 0 aromatic heterocycles. The van der Waals surface area contributed by atoms with Crippen molar-refractivity contribution in [3.05, 3.63) is 0 Å².